The molecule has 0 saturated carbocycles. The maximum atomic E-state index is 12.4. The van der Waals surface area contributed by atoms with Gasteiger partial charge in [0, 0.05) is 25.2 Å². The maximum Gasteiger partial charge on any atom is 0.294 e. The minimum atomic E-state index is -0.479. The zero-order valence-corrected chi connectivity index (χ0v) is 23.0. The number of nitrogen functional groups attached to an aromatic ring is 1. The molecule has 0 aromatic carbocycles. The van der Waals surface area contributed by atoms with Gasteiger partial charge in [-0.25, -0.2) is 9.97 Å². The van der Waals surface area contributed by atoms with Gasteiger partial charge in [0.1, 0.15) is 29.1 Å². The third kappa shape index (κ3) is 8.72. The molecule has 0 radical (unpaired) electrons. The van der Waals surface area contributed by atoms with Crippen molar-refractivity contribution in [3.05, 3.63) is 41.2 Å². The Morgan fingerprint density at radius 2 is 1.97 bits per heavy atom. The molecule has 1 aliphatic heterocycles. The summed E-state index contributed by atoms with van der Waals surface area (Å²) in [6.45, 7) is 9.03. The molecule has 3 aromatic heterocycles. The van der Waals surface area contributed by atoms with Gasteiger partial charge in [0.25, 0.3) is 5.91 Å². The van der Waals surface area contributed by atoms with Crippen molar-refractivity contribution in [3.63, 3.8) is 0 Å². The van der Waals surface area contributed by atoms with E-state index in [1.807, 2.05) is 27.0 Å². The summed E-state index contributed by atoms with van der Waals surface area (Å²) >= 11 is 5.79. The first-order valence-corrected chi connectivity index (χ1v) is 13.3. The van der Waals surface area contributed by atoms with Crippen molar-refractivity contribution in [2.24, 2.45) is 5.92 Å². The summed E-state index contributed by atoms with van der Waals surface area (Å²) in [7, 11) is 1.93. The molecular weight excluding hydrogens is 492 g/mol. The predicted molar refractivity (Wildman–Crippen MR) is 151 cm³/mol. The molecule has 0 spiro atoms. The maximum absolute atomic E-state index is 12.4. The fourth-order valence-electron chi connectivity index (χ4n) is 3.81. The third-order valence-electron chi connectivity index (χ3n) is 5.88. The molecule has 4 heterocycles. The number of fused-ring (bicyclic) bond motifs is 1. The molecule has 37 heavy (non-hydrogen) atoms. The highest BCUT2D eigenvalue weighted by Gasteiger charge is 2.22. The van der Waals surface area contributed by atoms with Crippen LogP contribution in [0.3, 0.4) is 0 Å². The average Bonchev–Trinajstić information content (AvgIpc) is 3.58. The molecule has 1 amide bonds. The van der Waals surface area contributed by atoms with E-state index in [-0.39, 0.29) is 17.4 Å². The Morgan fingerprint density at radius 1 is 1.24 bits per heavy atom. The Morgan fingerprint density at radius 3 is 2.57 bits per heavy atom. The first-order valence-electron chi connectivity index (χ1n) is 12.9. The van der Waals surface area contributed by atoms with Gasteiger partial charge in [0.05, 0.1) is 5.02 Å². The van der Waals surface area contributed by atoms with Gasteiger partial charge >= 0.3 is 0 Å². The Kier molecular flexibility index (Phi) is 12.9. The molecule has 4 rings (SSSR count). The van der Waals surface area contributed by atoms with E-state index >= 15 is 0 Å². The predicted octanol–water partition coefficient (Wildman–Crippen LogP) is 5.55. The molecule has 4 N–H and O–H groups in total. The number of nitrogens with zero attached hydrogens (tertiary/aromatic N) is 3. The number of pyridine rings is 2. The van der Waals surface area contributed by atoms with Crippen LogP contribution in [0.4, 0.5) is 17.3 Å². The van der Waals surface area contributed by atoms with E-state index in [4.69, 9.17) is 21.8 Å². The normalized spacial score (nSPS) is 13.3. The van der Waals surface area contributed by atoms with E-state index in [1.165, 1.54) is 6.20 Å². The smallest absolute Gasteiger partial charge is 0.294 e. The number of aldehydes is 1. The summed E-state index contributed by atoms with van der Waals surface area (Å²) in [4.78, 5) is 33.5. The minimum Gasteiger partial charge on any atom is -0.447 e. The van der Waals surface area contributed by atoms with Gasteiger partial charge in [0.2, 0.25) is 5.76 Å². The highest BCUT2D eigenvalue weighted by Crippen LogP contribution is 2.30. The lowest BCUT2D eigenvalue weighted by molar-refractivity contribution is -0.111. The average molecular weight is 531 g/mol. The molecule has 10 heteroatoms. The van der Waals surface area contributed by atoms with Crippen LogP contribution >= 0.6 is 11.6 Å². The molecule has 1 saturated heterocycles. The number of amides is 1. The Balaban J connectivity index is 0.000000341. The summed E-state index contributed by atoms with van der Waals surface area (Å²) in [5, 5.41) is 6.18. The van der Waals surface area contributed by atoms with E-state index in [1.54, 1.807) is 18.2 Å². The molecule has 0 unspecified atom stereocenters. The van der Waals surface area contributed by atoms with Crippen LogP contribution in [0.1, 0.15) is 63.4 Å². The van der Waals surface area contributed by atoms with E-state index in [2.05, 4.69) is 32.4 Å². The first-order chi connectivity index (χ1) is 18.0. The third-order valence-corrected chi connectivity index (χ3v) is 6.10. The number of nitrogens with one attached hydrogen (secondary N) is 2. The topological polar surface area (TPSA) is 126 Å². The number of furan rings is 1. The summed E-state index contributed by atoms with van der Waals surface area (Å²) in [6.07, 6.45) is 7.94. The van der Waals surface area contributed by atoms with Crippen molar-refractivity contribution in [1.29, 1.82) is 0 Å². The first kappa shape index (κ1) is 30.1. The lowest BCUT2D eigenvalue weighted by Gasteiger charge is -2.15. The molecule has 1 atom stereocenters. The Labute approximate surface area is 224 Å². The zero-order valence-electron chi connectivity index (χ0n) is 22.2. The van der Waals surface area contributed by atoms with Gasteiger partial charge in [-0.15, -0.1) is 0 Å². The Hall–Kier alpha value is -3.17. The summed E-state index contributed by atoms with van der Waals surface area (Å²) < 4.78 is 5.60. The van der Waals surface area contributed by atoms with Gasteiger partial charge in [-0.2, -0.15) is 0 Å². The van der Waals surface area contributed by atoms with Crippen LogP contribution in [0.5, 0.6) is 0 Å². The van der Waals surface area contributed by atoms with Crippen LogP contribution in [0.15, 0.2) is 34.9 Å². The second-order valence-electron chi connectivity index (χ2n) is 8.42. The molecule has 202 valence electrons. The second kappa shape index (κ2) is 15.8. The van der Waals surface area contributed by atoms with Crippen LogP contribution in [0, 0.1) is 5.92 Å². The van der Waals surface area contributed by atoms with Crippen LogP contribution < -0.4 is 21.3 Å². The van der Waals surface area contributed by atoms with Gasteiger partial charge < -0.3 is 30.5 Å². The van der Waals surface area contributed by atoms with Crippen molar-refractivity contribution < 1.29 is 14.0 Å². The number of aromatic nitrogens is 2. The number of halogens is 1. The summed E-state index contributed by atoms with van der Waals surface area (Å²) in [5.74, 6) is 1.04. The lowest BCUT2D eigenvalue weighted by atomic mass is 10.0. The van der Waals surface area contributed by atoms with Crippen LogP contribution in [-0.2, 0) is 4.79 Å². The monoisotopic (exact) mass is 530 g/mol. The second-order valence-corrected chi connectivity index (χ2v) is 8.86. The van der Waals surface area contributed by atoms with Gasteiger partial charge in [0.15, 0.2) is 5.58 Å². The number of anilines is 3. The minimum absolute atomic E-state index is 0.0258. The molecular formula is C27H39ClN6O3. The SMILES string of the molecule is CC.CC[C@@H](C=O)CCCNC.Nc1c(C(=O)Nc2ccc(Cl)cn2)oc2ccc(N3CCCC3)nc12. The summed E-state index contributed by atoms with van der Waals surface area (Å²) in [5.41, 5.74) is 7.31. The van der Waals surface area contributed by atoms with E-state index in [0.717, 1.165) is 63.8 Å². The molecule has 1 fully saturated rings. The Bertz CT molecular complexity index is 1110. The van der Waals surface area contributed by atoms with E-state index in [0.29, 0.717) is 21.9 Å². The number of nitrogens with two attached hydrogens (primary N) is 1. The number of carbonyl (C=O) groups is 2. The molecule has 1 aliphatic rings. The van der Waals surface area contributed by atoms with Crippen LogP contribution in [-0.4, -0.2) is 48.8 Å². The number of hydrogen-bond donors (Lipinski definition) is 3. The zero-order chi connectivity index (χ0) is 27.2. The van der Waals surface area contributed by atoms with Crippen molar-refractivity contribution >= 4 is 52.2 Å². The van der Waals surface area contributed by atoms with Crippen molar-refractivity contribution in [2.75, 3.05) is 42.6 Å². The fourth-order valence-corrected chi connectivity index (χ4v) is 3.92. The molecule has 0 aliphatic carbocycles. The van der Waals surface area contributed by atoms with E-state index < -0.39 is 5.91 Å². The van der Waals surface area contributed by atoms with Gasteiger partial charge in [-0.1, -0.05) is 32.4 Å². The molecule has 3 aromatic rings. The van der Waals surface area contributed by atoms with Crippen LogP contribution in [0.2, 0.25) is 5.02 Å². The highest BCUT2D eigenvalue weighted by atomic mass is 35.5. The molecule has 9 nitrogen and oxygen atoms in total. The quantitative estimate of drug-likeness (QED) is 0.243. The standard InChI is InChI=1S/C17H16ClN5O2.C8H17NO.C2H6/c18-10-3-5-12(20-9-10)21-17(24)16-14(19)15-11(25-16)4-6-13(22-15)23-7-1-2-8-23;1-3-8(7-10)5-4-6-9-2;1-2/h3-6,9H,1-2,7-8,19H2,(H,20,21,24);7-9H,3-6H2,1-2H3;1-2H3/t;8-;/m.1./s1. The highest BCUT2D eigenvalue weighted by molar-refractivity contribution is 6.30. The largest absolute Gasteiger partial charge is 0.447 e. The van der Waals surface area contributed by atoms with Gasteiger partial charge in [-0.05, 0) is 70.0 Å². The molecule has 0 bridgehead atoms. The summed E-state index contributed by atoms with van der Waals surface area (Å²) in [6, 6.07) is 6.92. The number of hydrogen-bond acceptors (Lipinski definition) is 8. The van der Waals surface area contributed by atoms with Crippen molar-refractivity contribution in [2.45, 2.75) is 52.9 Å². The van der Waals surface area contributed by atoms with Crippen molar-refractivity contribution in [3.8, 4) is 0 Å². The lowest BCUT2D eigenvalue weighted by Crippen LogP contribution is -2.18. The number of rotatable bonds is 9. The van der Waals surface area contributed by atoms with Crippen LogP contribution in [0.25, 0.3) is 11.1 Å². The van der Waals surface area contributed by atoms with E-state index in [9.17, 15) is 9.59 Å². The fraction of sp³-hybridized carbons (Fsp3) is 0.481. The van der Waals surface area contributed by atoms with Gasteiger partial charge in [-0.3, -0.25) is 4.79 Å². The number of carbonyl (C=O) groups excluding carboxylic acids is 2. The van der Waals surface area contributed by atoms with Crippen molar-refractivity contribution in [1.82, 2.24) is 15.3 Å².